The van der Waals surface area contributed by atoms with E-state index in [0.29, 0.717) is 39.2 Å². The zero-order valence-corrected chi connectivity index (χ0v) is 19.1. The number of carbonyl (C=O) groups is 2. The molecule has 3 aromatic rings. The predicted molar refractivity (Wildman–Crippen MR) is 122 cm³/mol. The number of nitrogens with one attached hydrogen (secondary N) is 3. The van der Waals surface area contributed by atoms with Gasteiger partial charge < -0.3 is 24.5 Å². The van der Waals surface area contributed by atoms with Crippen LogP contribution in [-0.2, 0) is 27.5 Å². The molecule has 2 aromatic heterocycles. The predicted octanol–water partition coefficient (Wildman–Crippen LogP) is 2.35. The molecule has 1 aromatic carbocycles. The van der Waals surface area contributed by atoms with Gasteiger partial charge in [-0.15, -0.1) is 0 Å². The zero-order valence-electron chi connectivity index (χ0n) is 18.3. The van der Waals surface area contributed by atoms with Crippen LogP contribution < -0.4 is 25.6 Å². The smallest absolute Gasteiger partial charge is 0.260 e. The number of anilines is 1. The third-order valence-electron chi connectivity index (χ3n) is 4.88. The molecule has 0 spiro atoms. The number of halogens is 1. The second-order valence-electron chi connectivity index (χ2n) is 7.18. The van der Waals surface area contributed by atoms with Crippen molar-refractivity contribution in [2.24, 2.45) is 0 Å². The summed E-state index contributed by atoms with van der Waals surface area (Å²) < 4.78 is 17.2. The van der Waals surface area contributed by atoms with Crippen LogP contribution in [0.1, 0.15) is 11.3 Å². The molecule has 1 aliphatic heterocycles. The minimum atomic E-state index is -0.916. The molecule has 178 valence electrons. The number of ether oxygens (including phenoxy) is 2. The number of hydrogen-bond acceptors (Lipinski definition) is 8. The number of hydrogen-bond donors (Lipinski definition) is 3. The van der Waals surface area contributed by atoms with Gasteiger partial charge in [0.2, 0.25) is 5.91 Å². The Morgan fingerprint density at radius 2 is 2.09 bits per heavy atom. The molecule has 1 atom stereocenters. The van der Waals surface area contributed by atoms with Crippen LogP contribution >= 0.6 is 11.6 Å². The Bertz CT molecular complexity index is 1210. The highest BCUT2D eigenvalue weighted by molar-refractivity contribution is 6.32. The largest absolute Gasteiger partial charge is 0.496 e. The number of furan rings is 1. The SMILES string of the molecule is COc1cc(OC)c(C2=C[C@@H](C(=O)Nc3cnn(CC(=O)NCc4ccco4)c3)ON2)cc1Cl. The van der Waals surface area contributed by atoms with E-state index in [-0.39, 0.29) is 19.0 Å². The summed E-state index contributed by atoms with van der Waals surface area (Å²) in [5, 5.41) is 9.91. The molecule has 2 amide bonds. The molecule has 0 saturated heterocycles. The van der Waals surface area contributed by atoms with E-state index in [2.05, 4.69) is 21.2 Å². The van der Waals surface area contributed by atoms with E-state index in [1.54, 1.807) is 36.5 Å². The van der Waals surface area contributed by atoms with Crippen LogP contribution in [-0.4, -0.2) is 41.9 Å². The van der Waals surface area contributed by atoms with Crippen molar-refractivity contribution >= 4 is 34.8 Å². The van der Waals surface area contributed by atoms with Crippen molar-refractivity contribution < 1.29 is 28.3 Å². The third-order valence-corrected chi connectivity index (χ3v) is 5.18. The number of benzene rings is 1. The van der Waals surface area contributed by atoms with Gasteiger partial charge in [-0.2, -0.15) is 5.10 Å². The highest BCUT2D eigenvalue weighted by Gasteiger charge is 2.27. The van der Waals surface area contributed by atoms with Crippen molar-refractivity contribution in [3.05, 3.63) is 65.3 Å². The molecule has 3 N–H and O–H groups in total. The highest BCUT2D eigenvalue weighted by Crippen LogP contribution is 2.36. The summed E-state index contributed by atoms with van der Waals surface area (Å²) in [6.45, 7) is 0.266. The van der Waals surface area contributed by atoms with Gasteiger partial charge in [0.1, 0.15) is 23.8 Å². The molecule has 0 unspecified atom stereocenters. The van der Waals surface area contributed by atoms with Crippen LogP contribution in [0.4, 0.5) is 5.69 Å². The van der Waals surface area contributed by atoms with Gasteiger partial charge in [-0.1, -0.05) is 11.6 Å². The minimum Gasteiger partial charge on any atom is -0.496 e. The number of aromatic nitrogens is 2. The summed E-state index contributed by atoms with van der Waals surface area (Å²) in [7, 11) is 3.02. The van der Waals surface area contributed by atoms with Crippen LogP contribution in [0.2, 0.25) is 5.02 Å². The highest BCUT2D eigenvalue weighted by atomic mass is 35.5. The van der Waals surface area contributed by atoms with Crippen molar-refractivity contribution in [1.29, 1.82) is 0 Å². The molecule has 0 fully saturated rings. The van der Waals surface area contributed by atoms with Crippen molar-refractivity contribution in [3.63, 3.8) is 0 Å². The van der Waals surface area contributed by atoms with Gasteiger partial charge in [0.15, 0.2) is 6.10 Å². The second-order valence-corrected chi connectivity index (χ2v) is 7.59. The van der Waals surface area contributed by atoms with Gasteiger partial charge in [0, 0.05) is 17.8 Å². The van der Waals surface area contributed by atoms with Gasteiger partial charge in [-0.05, 0) is 24.3 Å². The first kappa shape index (κ1) is 23.2. The fourth-order valence-corrected chi connectivity index (χ4v) is 3.46. The number of nitrogens with zero attached hydrogens (tertiary/aromatic N) is 2. The summed E-state index contributed by atoms with van der Waals surface area (Å²) in [6.07, 6.45) is 5.21. The normalized spacial score (nSPS) is 14.8. The maximum atomic E-state index is 12.7. The molecule has 4 rings (SSSR count). The third kappa shape index (κ3) is 5.33. The first-order chi connectivity index (χ1) is 16.5. The summed E-state index contributed by atoms with van der Waals surface area (Å²) in [5.41, 5.74) is 4.27. The van der Waals surface area contributed by atoms with E-state index >= 15 is 0 Å². The van der Waals surface area contributed by atoms with E-state index < -0.39 is 12.0 Å². The second kappa shape index (κ2) is 10.3. The van der Waals surface area contributed by atoms with Crippen molar-refractivity contribution in [2.45, 2.75) is 19.2 Å². The van der Waals surface area contributed by atoms with E-state index in [9.17, 15) is 9.59 Å². The first-order valence-electron chi connectivity index (χ1n) is 10.1. The van der Waals surface area contributed by atoms with E-state index in [1.165, 1.54) is 31.4 Å². The molecule has 0 bridgehead atoms. The fourth-order valence-electron chi connectivity index (χ4n) is 3.22. The molecular weight excluding hydrogens is 466 g/mol. The Labute approximate surface area is 199 Å². The summed E-state index contributed by atoms with van der Waals surface area (Å²) in [4.78, 5) is 30.1. The molecule has 0 aliphatic carbocycles. The molecule has 0 radical (unpaired) electrons. The number of carbonyl (C=O) groups excluding carboxylic acids is 2. The van der Waals surface area contributed by atoms with Gasteiger partial charge >= 0.3 is 0 Å². The zero-order chi connectivity index (χ0) is 24.1. The van der Waals surface area contributed by atoms with E-state index in [4.69, 9.17) is 30.3 Å². The Hall–Kier alpha value is -3.96. The van der Waals surface area contributed by atoms with Crippen molar-refractivity contribution in [3.8, 4) is 11.5 Å². The summed E-state index contributed by atoms with van der Waals surface area (Å²) in [5.74, 6) is 0.927. The molecule has 12 heteroatoms. The summed E-state index contributed by atoms with van der Waals surface area (Å²) in [6, 6.07) is 6.81. The lowest BCUT2D eigenvalue weighted by Crippen LogP contribution is -2.28. The number of methoxy groups -OCH3 is 2. The topological polar surface area (TPSA) is 129 Å². The van der Waals surface area contributed by atoms with Crippen molar-refractivity contribution in [2.75, 3.05) is 19.5 Å². The van der Waals surface area contributed by atoms with Crippen LogP contribution in [0.3, 0.4) is 0 Å². The maximum Gasteiger partial charge on any atom is 0.260 e. The molecular formula is C22H22ClN5O6. The lowest BCUT2D eigenvalue weighted by Gasteiger charge is -2.12. The lowest BCUT2D eigenvalue weighted by atomic mass is 10.1. The summed E-state index contributed by atoms with van der Waals surface area (Å²) >= 11 is 6.23. The maximum absolute atomic E-state index is 12.7. The van der Waals surface area contributed by atoms with Gasteiger partial charge in [0.25, 0.3) is 5.91 Å². The van der Waals surface area contributed by atoms with Gasteiger partial charge in [-0.3, -0.25) is 24.6 Å². The number of hydroxylamine groups is 1. The Morgan fingerprint density at radius 3 is 2.82 bits per heavy atom. The van der Waals surface area contributed by atoms with E-state index in [0.717, 1.165) is 0 Å². The van der Waals surface area contributed by atoms with Crippen LogP contribution in [0.15, 0.2) is 53.4 Å². The van der Waals surface area contributed by atoms with Gasteiger partial charge in [-0.25, -0.2) is 0 Å². The number of rotatable bonds is 9. The van der Waals surface area contributed by atoms with Crippen molar-refractivity contribution in [1.82, 2.24) is 20.6 Å². The quantitative estimate of drug-likeness (QED) is 0.419. The minimum absolute atomic E-state index is 0.0138. The molecule has 34 heavy (non-hydrogen) atoms. The van der Waals surface area contributed by atoms with Crippen LogP contribution in [0.5, 0.6) is 11.5 Å². The number of amides is 2. The average Bonchev–Trinajstić information content (AvgIpc) is 3.60. The fraction of sp³-hybridized carbons (Fsp3) is 0.227. The molecule has 11 nitrogen and oxygen atoms in total. The molecule has 0 saturated carbocycles. The van der Waals surface area contributed by atoms with E-state index in [1.807, 2.05) is 0 Å². The van der Waals surface area contributed by atoms with Crippen LogP contribution in [0.25, 0.3) is 5.70 Å². The molecule has 1 aliphatic rings. The Kier molecular flexibility index (Phi) is 7.04. The first-order valence-corrected chi connectivity index (χ1v) is 10.5. The molecule has 3 heterocycles. The lowest BCUT2D eigenvalue weighted by molar-refractivity contribution is -0.125. The monoisotopic (exact) mass is 487 g/mol. The van der Waals surface area contributed by atoms with Gasteiger partial charge in [0.05, 0.1) is 49.6 Å². The Balaban J connectivity index is 1.35. The van der Waals surface area contributed by atoms with Crippen LogP contribution in [0, 0.1) is 0 Å². The Morgan fingerprint density at radius 1 is 1.26 bits per heavy atom. The standard InChI is InChI=1S/C22H22ClN5O6/c1-31-18-8-19(32-2)16(23)6-15(18)17-7-20(34-27-17)22(30)26-13-9-25-28(11-13)12-21(29)24-10-14-4-3-5-33-14/h3-9,11,20,27H,10,12H2,1-2H3,(H,24,29)(H,26,30)/t20-/m0/s1. The average molecular weight is 488 g/mol.